The van der Waals surface area contributed by atoms with E-state index in [0.29, 0.717) is 42.0 Å². The fourth-order valence-electron chi connectivity index (χ4n) is 3.38. The van der Waals surface area contributed by atoms with Crippen LogP contribution in [-0.4, -0.2) is 49.1 Å². The maximum atomic E-state index is 12.4. The van der Waals surface area contributed by atoms with E-state index in [2.05, 4.69) is 4.72 Å². The second kappa shape index (κ2) is 6.61. The largest absolute Gasteiger partial charge is 0.483 e. The second-order valence-corrected chi connectivity index (χ2v) is 8.95. The van der Waals surface area contributed by atoms with Crippen LogP contribution in [0.5, 0.6) is 5.75 Å². The van der Waals surface area contributed by atoms with Crippen LogP contribution in [0.3, 0.4) is 0 Å². The summed E-state index contributed by atoms with van der Waals surface area (Å²) in [7, 11) is -3.48. The third-order valence-corrected chi connectivity index (χ3v) is 5.33. The van der Waals surface area contributed by atoms with Gasteiger partial charge in [0.1, 0.15) is 11.4 Å². The summed E-state index contributed by atoms with van der Waals surface area (Å²) >= 11 is 0. The molecule has 3 rings (SSSR count). The summed E-state index contributed by atoms with van der Waals surface area (Å²) in [5.41, 5.74) is 0.430. The Balaban J connectivity index is 2.23. The van der Waals surface area contributed by atoms with E-state index < -0.39 is 20.5 Å². The number of rotatable bonds is 5. The lowest BCUT2D eigenvalue weighted by atomic mass is 9.88. The van der Waals surface area contributed by atoms with Crippen molar-refractivity contribution in [1.82, 2.24) is 9.62 Å². The highest BCUT2D eigenvalue weighted by molar-refractivity contribution is 7.88. The molecule has 2 heterocycles. The first kappa shape index (κ1) is 19.3. The van der Waals surface area contributed by atoms with Gasteiger partial charge in [-0.15, -0.1) is 0 Å². The summed E-state index contributed by atoms with van der Waals surface area (Å²) in [4.78, 5) is 24.7. The Morgan fingerprint density at radius 2 is 2.07 bits per heavy atom. The average Bonchev–Trinajstić information content (AvgIpc) is 2.96. The van der Waals surface area contributed by atoms with Gasteiger partial charge in [0.15, 0.2) is 0 Å². The third-order valence-electron chi connectivity index (χ3n) is 4.66. The standard InChI is InChI=1S/C17H21N3O6S/c1-17(2)13(10-18-27(3,24)25)16(19-8-4-5-15(19)21)12-9-11(20(22)23)6-7-14(12)26-17/h6-7,9,18H,4-5,8,10H2,1-3H3. The van der Waals surface area contributed by atoms with Crippen LogP contribution in [0.1, 0.15) is 32.3 Å². The van der Waals surface area contributed by atoms with E-state index in [4.69, 9.17) is 4.74 Å². The Morgan fingerprint density at radius 1 is 1.37 bits per heavy atom. The van der Waals surface area contributed by atoms with Gasteiger partial charge in [-0.25, -0.2) is 13.1 Å². The molecule has 146 valence electrons. The van der Waals surface area contributed by atoms with Crippen molar-refractivity contribution in [2.45, 2.75) is 32.3 Å². The van der Waals surface area contributed by atoms with Crippen LogP contribution in [0.2, 0.25) is 0 Å². The quantitative estimate of drug-likeness (QED) is 0.598. The number of benzene rings is 1. The van der Waals surface area contributed by atoms with E-state index in [-0.39, 0.29) is 18.1 Å². The molecule has 10 heteroatoms. The number of non-ortho nitro benzene ring substituents is 1. The van der Waals surface area contributed by atoms with Crippen molar-refractivity contribution in [2.24, 2.45) is 0 Å². The predicted molar refractivity (Wildman–Crippen MR) is 98.5 cm³/mol. The SMILES string of the molecule is CC1(C)Oc2ccc([N+](=O)[O-])cc2C(N2CCCC2=O)=C1CNS(C)(=O)=O. The summed E-state index contributed by atoms with van der Waals surface area (Å²) in [5, 5.41) is 11.2. The van der Waals surface area contributed by atoms with Crippen molar-refractivity contribution in [3.63, 3.8) is 0 Å². The summed E-state index contributed by atoms with van der Waals surface area (Å²) in [6, 6.07) is 4.22. The van der Waals surface area contributed by atoms with Gasteiger partial charge in [0.2, 0.25) is 15.9 Å². The Bertz CT molecular complexity index is 951. The number of hydrogen-bond donors (Lipinski definition) is 1. The monoisotopic (exact) mass is 395 g/mol. The molecule has 1 aromatic carbocycles. The third kappa shape index (κ3) is 3.81. The van der Waals surface area contributed by atoms with E-state index in [9.17, 15) is 23.3 Å². The molecule has 0 aromatic heterocycles. The van der Waals surface area contributed by atoms with Gasteiger partial charge >= 0.3 is 0 Å². The number of nitro benzene ring substituents is 1. The van der Waals surface area contributed by atoms with Gasteiger partial charge in [-0.05, 0) is 26.3 Å². The number of hydrogen-bond acceptors (Lipinski definition) is 6. The van der Waals surface area contributed by atoms with E-state index in [1.807, 2.05) is 0 Å². The van der Waals surface area contributed by atoms with Crippen LogP contribution in [0.15, 0.2) is 23.8 Å². The number of amides is 1. The molecule has 1 saturated heterocycles. The lowest BCUT2D eigenvalue weighted by Crippen LogP contribution is -2.43. The summed E-state index contributed by atoms with van der Waals surface area (Å²) in [5.74, 6) is 0.320. The molecule has 1 fully saturated rings. The van der Waals surface area contributed by atoms with Gasteiger partial charge in [0.05, 0.1) is 16.9 Å². The molecule has 1 amide bonds. The van der Waals surface area contributed by atoms with Crippen LogP contribution in [0.25, 0.3) is 5.70 Å². The van der Waals surface area contributed by atoms with Crippen molar-refractivity contribution in [1.29, 1.82) is 0 Å². The lowest BCUT2D eigenvalue weighted by molar-refractivity contribution is -0.384. The number of nitro groups is 1. The van der Waals surface area contributed by atoms with E-state index >= 15 is 0 Å². The minimum atomic E-state index is -3.48. The van der Waals surface area contributed by atoms with Crippen molar-refractivity contribution in [3.8, 4) is 5.75 Å². The molecular weight excluding hydrogens is 374 g/mol. The Kier molecular flexibility index (Phi) is 4.73. The Hall–Kier alpha value is -2.46. The smallest absolute Gasteiger partial charge is 0.270 e. The molecule has 0 unspecified atom stereocenters. The van der Waals surface area contributed by atoms with Crippen LogP contribution in [0.4, 0.5) is 5.69 Å². The topological polar surface area (TPSA) is 119 Å². The van der Waals surface area contributed by atoms with Crippen LogP contribution in [0, 0.1) is 10.1 Å². The van der Waals surface area contributed by atoms with Gasteiger partial charge in [-0.2, -0.15) is 0 Å². The molecular formula is C17H21N3O6S. The second-order valence-electron chi connectivity index (χ2n) is 7.12. The van der Waals surface area contributed by atoms with Gasteiger partial charge in [-0.3, -0.25) is 14.9 Å². The molecule has 0 atom stereocenters. The first-order valence-corrected chi connectivity index (χ1v) is 10.4. The number of nitrogens with one attached hydrogen (secondary N) is 1. The van der Waals surface area contributed by atoms with Crippen molar-refractivity contribution < 1.29 is 22.9 Å². The molecule has 0 saturated carbocycles. The molecule has 2 aliphatic heterocycles. The van der Waals surface area contributed by atoms with Crippen LogP contribution >= 0.6 is 0 Å². The molecule has 1 aromatic rings. The van der Waals surface area contributed by atoms with Crippen molar-refractivity contribution in [2.75, 3.05) is 19.3 Å². The Labute approximate surface area is 157 Å². The van der Waals surface area contributed by atoms with Crippen LogP contribution < -0.4 is 9.46 Å². The fourth-order valence-corrected chi connectivity index (χ4v) is 3.79. The Morgan fingerprint density at radius 3 is 2.63 bits per heavy atom. The zero-order valence-electron chi connectivity index (χ0n) is 15.3. The maximum absolute atomic E-state index is 12.4. The fraction of sp³-hybridized carbons (Fsp3) is 0.471. The predicted octanol–water partition coefficient (Wildman–Crippen LogP) is 1.65. The first-order chi connectivity index (χ1) is 12.5. The number of carbonyl (C=O) groups excluding carboxylic acids is 1. The molecule has 0 radical (unpaired) electrons. The number of carbonyl (C=O) groups is 1. The lowest BCUT2D eigenvalue weighted by Gasteiger charge is -2.39. The van der Waals surface area contributed by atoms with E-state index in [1.165, 1.54) is 18.2 Å². The highest BCUT2D eigenvalue weighted by Gasteiger charge is 2.40. The molecule has 2 aliphatic rings. The summed E-state index contributed by atoms with van der Waals surface area (Å²) < 4.78 is 31.7. The van der Waals surface area contributed by atoms with E-state index in [0.717, 1.165) is 6.26 Å². The van der Waals surface area contributed by atoms with Gasteiger partial charge < -0.3 is 9.64 Å². The number of ether oxygens (including phenoxy) is 1. The first-order valence-electron chi connectivity index (χ1n) is 8.46. The number of sulfonamides is 1. The summed E-state index contributed by atoms with van der Waals surface area (Å²) in [6.45, 7) is 3.95. The molecule has 27 heavy (non-hydrogen) atoms. The minimum absolute atomic E-state index is 0.0624. The van der Waals surface area contributed by atoms with Gasteiger partial charge in [0, 0.05) is 42.8 Å². The van der Waals surface area contributed by atoms with Gasteiger partial charge in [-0.1, -0.05) is 0 Å². The average molecular weight is 395 g/mol. The minimum Gasteiger partial charge on any atom is -0.483 e. The van der Waals surface area contributed by atoms with Crippen molar-refractivity contribution in [3.05, 3.63) is 39.4 Å². The van der Waals surface area contributed by atoms with Crippen LogP contribution in [-0.2, 0) is 14.8 Å². The van der Waals surface area contributed by atoms with Crippen molar-refractivity contribution >= 4 is 27.3 Å². The highest BCUT2D eigenvalue weighted by Crippen LogP contribution is 2.44. The molecule has 0 spiro atoms. The molecule has 1 N–H and O–H groups in total. The molecule has 0 aliphatic carbocycles. The highest BCUT2D eigenvalue weighted by atomic mass is 32.2. The normalized spacial score (nSPS) is 19.1. The number of likely N-dealkylation sites (tertiary alicyclic amines) is 1. The number of fused-ring (bicyclic) bond motifs is 1. The van der Waals surface area contributed by atoms with E-state index in [1.54, 1.807) is 18.7 Å². The molecule has 9 nitrogen and oxygen atoms in total. The number of nitrogens with zero attached hydrogens (tertiary/aromatic N) is 2. The maximum Gasteiger partial charge on any atom is 0.270 e. The zero-order valence-corrected chi connectivity index (χ0v) is 16.1. The van der Waals surface area contributed by atoms with Gasteiger partial charge in [0.25, 0.3) is 5.69 Å². The zero-order chi connectivity index (χ0) is 20.0. The molecule has 0 bridgehead atoms. The summed E-state index contributed by atoms with van der Waals surface area (Å²) in [6.07, 6.45) is 2.09.